The van der Waals surface area contributed by atoms with Crippen LogP contribution in [0.25, 0.3) is 0 Å². The summed E-state index contributed by atoms with van der Waals surface area (Å²) in [5.74, 6) is 2.22. The summed E-state index contributed by atoms with van der Waals surface area (Å²) < 4.78 is 0. The van der Waals surface area contributed by atoms with E-state index in [1.165, 1.54) is 30.7 Å². The first-order valence-electron chi connectivity index (χ1n) is 6.40. The molecule has 0 aliphatic heterocycles. The average molecular weight is 221 g/mol. The Morgan fingerprint density at radius 1 is 1.38 bits per heavy atom. The lowest BCUT2D eigenvalue weighted by Gasteiger charge is -2.24. The molecule has 0 radical (unpaired) electrons. The van der Waals surface area contributed by atoms with Gasteiger partial charge in [-0.25, -0.2) is 4.98 Å². The Morgan fingerprint density at radius 3 is 2.69 bits per heavy atom. The fourth-order valence-electron chi connectivity index (χ4n) is 2.73. The summed E-state index contributed by atoms with van der Waals surface area (Å²) in [7, 11) is 0. The van der Waals surface area contributed by atoms with E-state index in [1.54, 1.807) is 0 Å². The van der Waals surface area contributed by atoms with E-state index in [0.29, 0.717) is 17.9 Å². The van der Waals surface area contributed by atoms with E-state index in [4.69, 9.17) is 10.7 Å². The van der Waals surface area contributed by atoms with Gasteiger partial charge in [-0.3, -0.25) is 0 Å². The molecule has 1 aromatic heterocycles. The lowest BCUT2D eigenvalue weighted by molar-refractivity contribution is 0.383. The largest absolute Gasteiger partial charge is 0.346 e. The molecule has 0 amide bonds. The van der Waals surface area contributed by atoms with Gasteiger partial charge >= 0.3 is 0 Å². The van der Waals surface area contributed by atoms with Crippen molar-refractivity contribution in [1.29, 1.82) is 0 Å². The Morgan fingerprint density at radius 2 is 2.12 bits per heavy atom. The van der Waals surface area contributed by atoms with Gasteiger partial charge in [0.15, 0.2) is 0 Å². The molecule has 90 valence electrons. The van der Waals surface area contributed by atoms with Crippen molar-refractivity contribution in [1.82, 2.24) is 9.97 Å². The Balaban J connectivity index is 2.17. The number of aryl methyl sites for hydroxylation is 1. The summed E-state index contributed by atoms with van der Waals surface area (Å²) in [5.41, 5.74) is 8.47. The molecule has 1 aliphatic rings. The molecule has 0 saturated heterocycles. The highest BCUT2D eigenvalue weighted by Crippen LogP contribution is 2.31. The molecule has 0 aromatic carbocycles. The lowest BCUT2D eigenvalue weighted by Crippen LogP contribution is -2.27. The van der Waals surface area contributed by atoms with Crippen LogP contribution in [0.5, 0.6) is 0 Å². The van der Waals surface area contributed by atoms with Crippen molar-refractivity contribution < 1.29 is 0 Å². The molecule has 3 nitrogen and oxygen atoms in total. The molecular formula is C13H23N3. The SMILES string of the molecule is Cc1[nH]c(C2CCCC(N)C2)nc1C(C)C. The van der Waals surface area contributed by atoms with Crippen LogP contribution >= 0.6 is 0 Å². The molecule has 2 unspecified atom stereocenters. The van der Waals surface area contributed by atoms with Crippen molar-refractivity contribution in [2.24, 2.45) is 5.73 Å². The number of H-pyrrole nitrogens is 1. The zero-order valence-electron chi connectivity index (χ0n) is 10.6. The quantitative estimate of drug-likeness (QED) is 0.807. The maximum absolute atomic E-state index is 6.03. The van der Waals surface area contributed by atoms with E-state index in [9.17, 15) is 0 Å². The van der Waals surface area contributed by atoms with Crippen LogP contribution in [0.15, 0.2) is 0 Å². The van der Waals surface area contributed by atoms with Gasteiger partial charge in [0.05, 0.1) is 5.69 Å². The molecular weight excluding hydrogens is 198 g/mol. The van der Waals surface area contributed by atoms with Crippen molar-refractivity contribution in [3.8, 4) is 0 Å². The number of aromatic amines is 1. The predicted molar refractivity (Wildman–Crippen MR) is 66.6 cm³/mol. The average Bonchev–Trinajstić information content (AvgIpc) is 2.60. The number of nitrogens with one attached hydrogen (secondary N) is 1. The standard InChI is InChI=1S/C13H23N3/c1-8(2)12-9(3)15-13(16-12)10-5-4-6-11(14)7-10/h8,10-11H,4-7,14H2,1-3H3,(H,15,16). The highest BCUT2D eigenvalue weighted by atomic mass is 14.9. The van der Waals surface area contributed by atoms with Gasteiger partial charge in [-0.15, -0.1) is 0 Å². The molecule has 3 N–H and O–H groups in total. The minimum absolute atomic E-state index is 0.367. The first kappa shape index (κ1) is 11.6. The fourth-order valence-corrected chi connectivity index (χ4v) is 2.73. The molecule has 16 heavy (non-hydrogen) atoms. The van der Waals surface area contributed by atoms with Crippen molar-refractivity contribution in [2.75, 3.05) is 0 Å². The number of hydrogen-bond donors (Lipinski definition) is 2. The molecule has 2 rings (SSSR count). The Labute approximate surface area is 97.8 Å². The van der Waals surface area contributed by atoms with Gasteiger partial charge in [0.2, 0.25) is 0 Å². The van der Waals surface area contributed by atoms with Crippen molar-refractivity contribution in [3.05, 3.63) is 17.2 Å². The van der Waals surface area contributed by atoms with Gasteiger partial charge in [-0.1, -0.05) is 20.3 Å². The Kier molecular flexibility index (Phi) is 3.33. The third kappa shape index (κ3) is 2.29. The van der Waals surface area contributed by atoms with E-state index in [-0.39, 0.29) is 0 Å². The topological polar surface area (TPSA) is 54.7 Å². The van der Waals surface area contributed by atoms with Gasteiger partial charge in [0.1, 0.15) is 5.82 Å². The second-order valence-electron chi connectivity index (χ2n) is 5.41. The second-order valence-corrected chi connectivity index (χ2v) is 5.41. The van der Waals surface area contributed by atoms with Crippen molar-refractivity contribution in [2.45, 2.75) is 64.3 Å². The van der Waals surface area contributed by atoms with E-state index >= 15 is 0 Å². The summed E-state index contributed by atoms with van der Waals surface area (Å²) in [6.07, 6.45) is 4.73. The number of hydrogen-bond acceptors (Lipinski definition) is 2. The molecule has 0 spiro atoms. The third-order valence-corrected chi connectivity index (χ3v) is 3.59. The van der Waals surface area contributed by atoms with Crippen LogP contribution in [0.2, 0.25) is 0 Å². The minimum Gasteiger partial charge on any atom is -0.346 e. The molecule has 1 aromatic rings. The third-order valence-electron chi connectivity index (χ3n) is 3.59. The van der Waals surface area contributed by atoms with Gasteiger partial charge in [-0.2, -0.15) is 0 Å². The zero-order chi connectivity index (χ0) is 11.7. The van der Waals surface area contributed by atoms with Crippen LogP contribution in [0, 0.1) is 6.92 Å². The highest BCUT2D eigenvalue weighted by Gasteiger charge is 2.24. The van der Waals surface area contributed by atoms with E-state index < -0.39 is 0 Å². The first-order chi connectivity index (χ1) is 7.58. The van der Waals surface area contributed by atoms with Crippen LogP contribution in [0.1, 0.15) is 68.6 Å². The van der Waals surface area contributed by atoms with E-state index in [0.717, 1.165) is 12.2 Å². The normalized spacial score (nSPS) is 26.3. The van der Waals surface area contributed by atoms with E-state index in [2.05, 4.69) is 25.8 Å². The molecule has 3 heteroatoms. The number of imidazole rings is 1. The van der Waals surface area contributed by atoms with Crippen LogP contribution in [0.4, 0.5) is 0 Å². The summed E-state index contributed by atoms with van der Waals surface area (Å²) in [5, 5.41) is 0. The molecule has 1 aliphatic carbocycles. The summed E-state index contributed by atoms with van der Waals surface area (Å²) in [4.78, 5) is 8.21. The van der Waals surface area contributed by atoms with Crippen LogP contribution in [-0.2, 0) is 0 Å². The minimum atomic E-state index is 0.367. The fraction of sp³-hybridized carbons (Fsp3) is 0.769. The van der Waals surface area contributed by atoms with Crippen LogP contribution < -0.4 is 5.73 Å². The monoisotopic (exact) mass is 221 g/mol. The number of aromatic nitrogens is 2. The molecule has 2 atom stereocenters. The first-order valence-corrected chi connectivity index (χ1v) is 6.40. The van der Waals surface area contributed by atoms with Gasteiger partial charge in [0, 0.05) is 17.7 Å². The number of rotatable bonds is 2. The van der Waals surface area contributed by atoms with Crippen molar-refractivity contribution >= 4 is 0 Å². The van der Waals surface area contributed by atoms with E-state index in [1.807, 2.05) is 0 Å². The van der Waals surface area contributed by atoms with Crippen molar-refractivity contribution in [3.63, 3.8) is 0 Å². The Hall–Kier alpha value is -0.830. The van der Waals surface area contributed by atoms with Crippen LogP contribution in [0.3, 0.4) is 0 Å². The smallest absolute Gasteiger partial charge is 0.109 e. The molecule has 0 bridgehead atoms. The van der Waals surface area contributed by atoms with Gasteiger partial charge in [-0.05, 0) is 32.1 Å². The highest BCUT2D eigenvalue weighted by molar-refractivity contribution is 5.18. The zero-order valence-corrected chi connectivity index (χ0v) is 10.6. The lowest BCUT2D eigenvalue weighted by atomic mass is 9.86. The summed E-state index contributed by atoms with van der Waals surface area (Å²) in [6.45, 7) is 6.51. The predicted octanol–water partition coefficient (Wildman–Crippen LogP) is 2.83. The van der Waals surface area contributed by atoms with Gasteiger partial charge < -0.3 is 10.7 Å². The maximum Gasteiger partial charge on any atom is 0.109 e. The number of nitrogens with two attached hydrogens (primary N) is 1. The molecule has 1 fully saturated rings. The van der Waals surface area contributed by atoms with Crippen LogP contribution in [-0.4, -0.2) is 16.0 Å². The second kappa shape index (κ2) is 4.58. The van der Waals surface area contributed by atoms with Gasteiger partial charge in [0.25, 0.3) is 0 Å². The summed E-state index contributed by atoms with van der Waals surface area (Å²) >= 11 is 0. The molecule has 1 heterocycles. The molecule has 1 saturated carbocycles. The Bertz CT molecular complexity index is 354. The maximum atomic E-state index is 6.03. The number of nitrogens with zero attached hydrogens (tertiary/aromatic N) is 1. The summed E-state index contributed by atoms with van der Waals surface area (Å²) in [6, 6.07) is 0.367.